The Morgan fingerprint density at radius 1 is 1.18 bits per heavy atom. The van der Waals surface area contributed by atoms with Gasteiger partial charge < -0.3 is 25.2 Å². The number of aliphatic hydroxyl groups excluding tert-OH is 1. The minimum absolute atomic E-state index is 0.0279. The molecule has 1 aliphatic carbocycles. The Kier molecular flexibility index (Phi) is 7.35. The monoisotopic (exact) mass is 395 g/mol. The Balaban J connectivity index is 1.44. The van der Waals surface area contributed by atoms with Gasteiger partial charge in [-0.1, -0.05) is 11.6 Å². The second-order valence-corrected chi connectivity index (χ2v) is 8.50. The summed E-state index contributed by atoms with van der Waals surface area (Å²) in [6.45, 7) is 3.58. The van der Waals surface area contributed by atoms with E-state index in [9.17, 15) is 5.11 Å². The fourth-order valence-electron chi connectivity index (χ4n) is 5.21. The van der Waals surface area contributed by atoms with Crippen molar-refractivity contribution in [2.75, 3.05) is 40.0 Å². The Labute approximate surface area is 168 Å². The summed E-state index contributed by atoms with van der Waals surface area (Å²) < 4.78 is 12.3. The molecule has 7 atom stereocenters. The molecule has 0 bridgehead atoms. The lowest BCUT2D eigenvalue weighted by atomic mass is 9.75. The van der Waals surface area contributed by atoms with E-state index in [-0.39, 0.29) is 37.3 Å². The largest absolute Gasteiger partial charge is 0.395 e. The molecule has 4 aliphatic rings. The molecule has 1 saturated carbocycles. The van der Waals surface area contributed by atoms with Gasteiger partial charge in [0.25, 0.3) is 0 Å². The molecular weight excluding hydrogens is 358 g/mol. The summed E-state index contributed by atoms with van der Waals surface area (Å²) in [5.41, 5.74) is 1.53. The van der Waals surface area contributed by atoms with Crippen LogP contribution in [0.1, 0.15) is 32.1 Å². The van der Waals surface area contributed by atoms with E-state index in [4.69, 9.17) is 9.47 Å². The van der Waals surface area contributed by atoms with Crippen molar-refractivity contribution >= 4 is 0 Å². The van der Waals surface area contributed by atoms with E-state index < -0.39 is 0 Å². The van der Waals surface area contributed by atoms with E-state index in [0.29, 0.717) is 25.2 Å². The zero-order chi connectivity index (χ0) is 19.3. The van der Waals surface area contributed by atoms with Crippen molar-refractivity contribution in [3.8, 4) is 0 Å². The summed E-state index contributed by atoms with van der Waals surface area (Å²) in [7, 11) is 1.95. The molecular formula is C20H37N5O3. The summed E-state index contributed by atoms with van der Waals surface area (Å²) in [5.74, 6) is 0.411. The first-order chi connectivity index (χ1) is 13.8. The average Bonchev–Trinajstić information content (AvgIpc) is 3.02. The van der Waals surface area contributed by atoms with Crippen LogP contribution in [0.4, 0.5) is 0 Å². The van der Waals surface area contributed by atoms with Crippen LogP contribution in [-0.4, -0.2) is 81.8 Å². The standard InChI is InChI=1S/C20H37N5O3/c1-21-18-11-15(12-26)24-20(25-18)23-14-9-16(13-3-2-5-22-6-4-13)19-17(10-14)27-7-8-28-19/h4,14-26H,2-3,5-12H2,1H3. The van der Waals surface area contributed by atoms with Gasteiger partial charge in [0, 0.05) is 24.5 Å². The maximum Gasteiger partial charge on any atom is 0.113 e. The summed E-state index contributed by atoms with van der Waals surface area (Å²) in [6.07, 6.45) is 8.08. The highest BCUT2D eigenvalue weighted by Crippen LogP contribution is 2.37. The highest BCUT2D eigenvalue weighted by Gasteiger charge is 2.43. The number of hydrogen-bond donors (Lipinski definition) is 6. The van der Waals surface area contributed by atoms with E-state index in [1.807, 2.05) is 7.05 Å². The second-order valence-electron chi connectivity index (χ2n) is 8.50. The molecule has 3 heterocycles. The molecule has 0 aromatic heterocycles. The lowest BCUT2D eigenvalue weighted by Crippen LogP contribution is -2.69. The summed E-state index contributed by atoms with van der Waals surface area (Å²) in [5, 5.41) is 27.2. The van der Waals surface area contributed by atoms with Crippen molar-refractivity contribution in [3.05, 3.63) is 11.6 Å². The van der Waals surface area contributed by atoms with Crippen LogP contribution in [0, 0.1) is 5.92 Å². The van der Waals surface area contributed by atoms with Gasteiger partial charge >= 0.3 is 0 Å². The van der Waals surface area contributed by atoms with Crippen molar-refractivity contribution in [2.24, 2.45) is 5.92 Å². The van der Waals surface area contributed by atoms with Crippen LogP contribution in [0.5, 0.6) is 0 Å². The third kappa shape index (κ3) is 4.94. The van der Waals surface area contributed by atoms with E-state index in [0.717, 1.165) is 38.8 Å². The van der Waals surface area contributed by atoms with Crippen LogP contribution in [0.3, 0.4) is 0 Å². The third-order valence-corrected chi connectivity index (χ3v) is 6.61. The van der Waals surface area contributed by atoms with Crippen LogP contribution in [0.15, 0.2) is 11.6 Å². The van der Waals surface area contributed by atoms with Gasteiger partial charge in [0.15, 0.2) is 0 Å². The highest BCUT2D eigenvalue weighted by atomic mass is 16.6. The van der Waals surface area contributed by atoms with Crippen molar-refractivity contribution in [2.45, 2.75) is 68.9 Å². The van der Waals surface area contributed by atoms with E-state index >= 15 is 0 Å². The molecule has 8 heteroatoms. The minimum atomic E-state index is -0.0279. The van der Waals surface area contributed by atoms with E-state index in [1.54, 1.807) is 0 Å². The minimum Gasteiger partial charge on any atom is -0.395 e. The highest BCUT2D eigenvalue weighted by molar-refractivity contribution is 5.15. The lowest BCUT2D eigenvalue weighted by Gasteiger charge is -2.47. The number of aliphatic hydroxyl groups is 1. The third-order valence-electron chi connectivity index (χ3n) is 6.61. The first-order valence-electron chi connectivity index (χ1n) is 11.0. The smallest absolute Gasteiger partial charge is 0.113 e. The van der Waals surface area contributed by atoms with Gasteiger partial charge in [-0.3, -0.25) is 16.0 Å². The van der Waals surface area contributed by atoms with Crippen LogP contribution in [-0.2, 0) is 9.47 Å². The number of ether oxygens (including phenoxy) is 2. The van der Waals surface area contributed by atoms with Crippen molar-refractivity contribution < 1.29 is 14.6 Å². The fraction of sp³-hybridized carbons (Fsp3) is 0.900. The second kappa shape index (κ2) is 9.95. The normalized spacial score (nSPS) is 42.4. The summed E-state index contributed by atoms with van der Waals surface area (Å²) in [4.78, 5) is 0. The van der Waals surface area contributed by atoms with Crippen molar-refractivity contribution in [1.29, 1.82) is 0 Å². The van der Waals surface area contributed by atoms with Crippen LogP contribution in [0.2, 0.25) is 0 Å². The Bertz CT molecular complexity index is 522. The maximum absolute atomic E-state index is 9.63. The van der Waals surface area contributed by atoms with Crippen molar-refractivity contribution in [3.63, 3.8) is 0 Å². The number of hydrogen-bond acceptors (Lipinski definition) is 8. The number of fused-ring (bicyclic) bond motifs is 1. The number of rotatable bonds is 5. The summed E-state index contributed by atoms with van der Waals surface area (Å²) >= 11 is 0. The molecule has 0 aromatic rings. The van der Waals surface area contributed by atoms with Gasteiger partial charge in [-0.25, -0.2) is 0 Å². The van der Waals surface area contributed by atoms with Gasteiger partial charge in [0.1, 0.15) is 6.29 Å². The van der Waals surface area contributed by atoms with Crippen molar-refractivity contribution in [1.82, 2.24) is 26.6 Å². The van der Waals surface area contributed by atoms with Gasteiger partial charge in [-0.15, -0.1) is 0 Å². The maximum atomic E-state index is 9.63. The van der Waals surface area contributed by atoms with Gasteiger partial charge in [-0.2, -0.15) is 0 Å². The Morgan fingerprint density at radius 3 is 2.93 bits per heavy atom. The molecule has 6 N–H and O–H groups in total. The zero-order valence-electron chi connectivity index (χ0n) is 17.0. The summed E-state index contributed by atoms with van der Waals surface area (Å²) in [6, 6.07) is 0.429. The topological polar surface area (TPSA) is 98.8 Å². The van der Waals surface area contributed by atoms with Crippen LogP contribution >= 0.6 is 0 Å². The molecule has 0 spiro atoms. The molecule has 2 saturated heterocycles. The van der Waals surface area contributed by atoms with Gasteiger partial charge in [-0.05, 0) is 45.7 Å². The predicted octanol–water partition coefficient (Wildman–Crippen LogP) is -0.779. The molecule has 7 unspecified atom stereocenters. The molecule has 0 radical (unpaired) electrons. The molecule has 28 heavy (non-hydrogen) atoms. The van der Waals surface area contributed by atoms with E-state index in [1.165, 1.54) is 12.0 Å². The molecule has 8 nitrogen and oxygen atoms in total. The molecule has 4 rings (SSSR count). The van der Waals surface area contributed by atoms with E-state index in [2.05, 4.69) is 32.7 Å². The number of nitrogens with one attached hydrogen (secondary N) is 5. The molecule has 3 aliphatic heterocycles. The lowest BCUT2D eigenvalue weighted by molar-refractivity contribution is -0.173. The quantitative estimate of drug-likeness (QED) is 0.338. The first-order valence-corrected chi connectivity index (χ1v) is 11.0. The van der Waals surface area contributed by atoms with Crippen LogP contribution in [0.25, 0.3) is 0 Å². The fourth-order valence-corrected chi connectivity index (χ4v) is 5.21. The van der Waals surface area contributed by atoms with Gasteiger partial charge in [0.2, 0.25) is 0 Å². The SMILES string of the molecule is CNC1CC(CO)NC(NC2CC3OCCOC3C(C3=CCNCCC3)C2)N1. The molecule has 3 fully saturated rings. The average molecular weight is 396 g/mol. The van der Waals surface area contributed by atoms with Crippen LogP contribution < -0.4 is 26.6 Å². The molecule has 0 amide bonds. The Morgan fingerprint density at radius 2 is 2.07 bits per heavy atom. The molecule has 0 aromatic carbocycles. The molecule has 160 valence electrons. The first kappa shape index (κ1) is 20.7. The Hall–Kier alpha value is -0.580. The van der Waals surface area contributed by atoms with Gasteiger partial charge in [0.05, 0.1) is 38.2 Å². The predicted molar refractivity (Wildman–Crippen MR) is 108 cm³/mol. The zero-order valence-corrected chi connectivity index (χ0v) is 17.0.